The van der Waals surface area contributed by atoms with E-state index in [2.05, 4.69) is 48.3 Å². The number of piperidine rings is 2. The van der Waals surface area contributed by atoms with Crippen LogP contribution >= 0.6 is 11.3 Å². The van der Waals surface area contributed by atoms with Crippen LogP contribution in [0.1, 0.15) is 80.3 Å². The molecule has 3 N–H and O–H groups in total. The number of nitrogens with zero attached hydrogens (tertiary/aromatic N) is 8. The van der Waals surface area contributed by atoms with Gasteiger partial charge in [0.15, 0.2) is 5.01 Å². The van der Waals surface area contributed by atoms with Crippen molar-refractivity contribution in [2.75, 3.05) is 36.9 Å². The predicted octanol–water partition coefficient (Wildman–Crippen LogP) is 6.04. The average molecular weight is 796 g/mol. The van der Waals surface area contributed by atoms with Crippen molar-refractivity contribution in [3.63, 3.8) is 0 Å². The van der Waals surface area contributed by atoms with Gasteiger partial charge in [0.1, 0.15) is 17.1 Å². The smallest absolute Gasteiger partial charge is 0.259 e. The molecule has 5 aromatic heterocycles. The molecule has 2 aliphatic heterocycles. The number of anilines is 2. The minimum absolute atomic E-state index is 0.203. The number of hydrogen-bond donors (Lipinski definition) is 3. The second-order valence-electron chi connectivity index (χ2n) is 15.7. The van der Waals surface area contributed by atoms with Gasteiger partial charge in [-0.1, -0.05) is 11.3 Å². The first-order chi connectivity index (χ1) is 28.3. The molecule has 296 valence electrons. The standard InChI is InChI=1S/C43H45N11O3S/c1-45-35-22-36(37-9-7-32-20-27(23-44)24-48-54(32)37)47-25-34(35)42-51-50-41(58-42)28-2-4-30(5-3-28)46-16-12-26-13-17-52(18-14-26)31-6-8-33-29(21-31)15-19-53(43(33)57)38-10-11-39(55)49-40(38)56/h6-9,15,19-22,24-26,28,30,38,46H,2-5,10-14,16-18H2,1H3,(H,45,47)(H,49,55,56). The molecule has 1 aromatic carbocycles. The van der Waals surface area contributed by atoms with E-state index in [9.17, 15) is 19.6 Å². The largest absolute Gasteiger partial charge is 0.387 e. The third-order valence-electron chi connectivity index (χ3n) is 12.2. The molecule has 3 aliphatic rings. The topological polar surface area (TPSA) is 175 Å². The van der Waals surface area contributed by atoms with E-state index in [0.717, 1.165) is 107 Å². The molecule has 1 unspecified atom stereocenters. The number of carbonyl (C=O) groups excluding carboxylic acids is 2. The van der Waals surface area contributed by atoms with Gasteiger partial charge in [-0.25, -0.2) is 4.52 Å². The van der Waals surface area contributed by atoms with Crippen LogP contribution in [0.4, 0.5) is 11.4 Å². The van der Waals surface area contributed by atoms with Gasteiger partial charge in [0.25, 0.3) is 5.56 Å². The van der Waals surface area contributed by atoms with E-state index in [-0.39, 0.29) is 17.9 Å². The second kappa shape index (κ2) is 16.1. The van der Waals surface area contributed by atoms with Gasteiger partial charge in [-0.2, -0.15) is 10.4 Å². The Morgan fingerprint density at radius 2 is 1.79 bits per heavy atom. The Bertz CT molecular complexity index is 2610. The molecular formula is C43H45N11O3S. The molecule has 2 amide bonds. The van der Waals surface area contributed by atoms with Crippen LogP contribution in [0.3, 0.4) is 0 Å². The summed E-state index contributed by atoms with van der Waals surface area (Å²) in [6.45, 7) is 3.01. The summed E-state index contributed by atoms with van der Waals surface area (Å²) in [5.41, 5.74) is 5.75. The molecule has 9 rings (SSSR count). The van der Waals surface area contributed by atoms with Gasteiger partial charge in [0.2, 0.25) is 11.8 Å². The highest BCUT2D eigenvalue weighted by Crippen LogP contribution is 2.39. The van der Waals surface area contributed by atoms with Crippen molar-refractivity contribution in [2.24, 2.45) is 5.92 Å². The fourth-order valence-corrected chi connectivity index (χ4v) is 9.93. The average Bonchev–Trinajstić information content (AvgIpc) is 3.92. The Labute approximate surface area is 339 Å². The SMILES string of the molecule is CNc1cc(-c2ccc3cc(C#N)cnn23)ncc1-c1nnc(C2CCC(NCCC3CCN(c4ccc5c(=O)n(C6CCC(=O)NC6=O)ccc5c4)CC3)CC2)s1. The number of fused-ring (bicyclic) bond motifs is 2. The van der Waals surface area contributed by atoms with E-state index in [1.807, 2.05) is 55.7 Å². The molecule has 2 saturated heterocycles. The lowest BCUT2D eigenvalue weighted by Crippen LogP contribution is -2.44. The maximum Gasteiger partial charge on any atom is 0.259 e. The molecule has 15 heteroatoms. The van der Waals surface area contributed by atoms with E-state index < -0.39 is 11.9 Å². The number of hydrogen-bond acceptors (Lipinski definition) is 12. The van der Waals surface area contributed by atoms with Crippen LogP contribution in [0.2, 0.25) is 0 Å². The van der Waals surface area contributed by atoms with E-state index in [4.69, 9.17) is 4.98 Å². The van der Waals surface area contributed by atoms with Crippen LogP contribution in [0.5, 0.6) is 0 Å². The molecule has 1 atom stereocenters. The number of pyridine rings is 2. The van der Waals surface area contributed by atoms with Crippen molar-refractivity contribution in [2.45, 2.75) is 75.8 Å². The molecule has 7 heterocycles. The molecule has 14 nitrogen and oxygen atoms in total. The first-order valence-corrected chi connectivity index (χ1v) is 21.0. The van der Waals surface area contributed by atoms with Crippen LogP contribution in [0.15, 0.2) is 71.9 Å². The van der Waals surface area contributed by atoms with Crippen LogP contribution in [-0.2, 0) is 9.59 Å². The van der Waals surface area contributed by atoms with Crippen molar-refractivity contribution in [1.82, 2.24) is 40.0 Å². The van der Waals surface area contributed by atoms with Crippen LogP contribution < -0.4 is 26.4 Å². The molecule has 1 saturated carbocycles. The zero-order valence-corrected chi connectivity index (χ0v) is 33.2. The summed E-state index contributed by atoms with van der Waals surface area (Å²) in [6, 6.07) is 17.6. The quantitative estimate of drug-likeness (QED) is 0.138. The number of carbonyl (C=O) groups is 2. The maximum absolute atomic E-state index is 13.3. The summed E-state index contributed by atoms with van der Waals surface area (Å²) in [5.74, 6) is 0.391. The van der Waals surface area contributed by atoms with Crippen LogP contribution in [0, 0.1) is 17.2 Å². The number of amides is 2. The van der Waals surface area contributed by atoms with Gasteiger partial charge in [0.05, 0.1) is 34.2 Å². The molecule has 0 bridgehead atoms. The second-order valence-corrected chi connectivity index (χ2v) is 16.7. The lowest BCUT2D eigenvalue weighted by Gasteiger charge is -2.34. The monoisotopic (exact) mass is 795 g/mol. The van der Waals surface area contributed by atoms with Gasteiger partial charge < -0.3 is 20.1 Å². The molecule has 3 fully saturated rings. The van der Waals surface area contributed by atoms with Crippen molar-refractivity contribution >= 4 is 50.8 Å². The zero-order valence-electron chi connectivity index (χ0n) is 32.4. The summed E-state index contributed by atoms with van der Waals surface area (Å²) >= 11 is 1.66. The Morgan fingerprint density at radius 1 is 0.948 bits per heavy atom. The predicted molar refractivity (Wildman–Crippen MR) is 224 cm³/mol. The highest BCUT2D eigenvalue weighted by atomic mass is 32.1. The highest BCUT2D eigenvalue weighted by molar-refractivity contribution is 7.14. The number of nitrogens with one attached hydrogen (secondary N) is 3. The first-order valence-electron chi connectivity index (χ1n) is 20.2. The minimum Gasteiger partial charge on any atom is -0.387 e. The van der Waals surface area contributed by atoms with Crippen molar-refractivity contribution < 1.29 is 9.59 Å². The molecule has 0 radical (unpaired) electrons. The van der Waals surface area contributed by atoms with E-state index in [1.165, 1.54) is 11.0 Å². The number of nitriles is 1. The molecule has 58 heavy (non-hydrogen) atoms. The van der Waals surface area contributed by atoms with Gasteiger partial charge >= 0.3 is 0 Å². The Morgan fingerprint density at radius 3 is 2.59 bits per heavy atom. The highest BCUT2D eigenvalue weighted by Gasteiger charge is 2.30. The van der Waals surface area contributed by atoms with Gasteiger partial charge in [0, 0.05) is 67.7 Å². The van der Waals surface area contributed by atoms with Gasteiger partial charge in [-0.3, -0.25) is 24.7 Å². The summed E-state index contributed by atoms with van der Waals surface area (Å²) in [5, 5.41) is 35.9. The minimum atomic E-state index is -0.658. The van der Waals surface area contributed by atoms with Gasteiger partial charge in [-0.15, -0.1) is 10.2 Å². The summed E-state index contributed by atoms with van der Waals surface area (Å²) in [7, 11) is 1.90. The fourth-order valence-electron chi connectivity index (χ4n) is 8.89. The van der Waals surface area contributed by atoms with Crippen molar-refractivity contribution in [3.8, 4) is 28.0 Å². The Hall–Kier alpha value is -5.98. The van der Waals surface area contributed by atoms with E-state index in [0.29, 0.717) is 35.2 Å². The summed E-state index contributed by atoms with van der Waals surface area (Å²) in [4.78, 5) is 44.5. The Kier molecular flexibility index (Phi) is 10.4. The lowest BCUT2D eigenvalue weighted by atomic mass is 9.86. The lowest BCUT2D eigenvalue weighted by molar-refractivity contribution is -0.135. The molecule has 6 aromatic rings. The van der Waals surface area contributed by atoms with Crippen LogP contribution in [-0.4, -0.2) is 73.9 Å². The van der Waals surface area contributed by atoms with E-state index in [1.54, 1.807) is 28.2 Å². The number of aromatic nitrogens is 6. The fraction of sp³-hybridized carbons (Fsp3) is 0.395. The Balaban J connectivity index is 0.738. The van der Waals surface area contributed by atoms with E-state index >= 15 is 0 Å². The number of benzene rings is 1. The third kappa shape index (κ3) is 7.45. The number of rotatable bonds is 10. The molecule has 1 aliphatic carbocycles. The zero-order chi connectivity index (χ0) is 39.8. The van der Waals surface area contributed by atoms with Crippen LogP contribution in [0.25, 0.3) is 38.2 Å². The maximum atomic E-state index is 13.3. The molecule has 0 spiro atoms. The molecular weight excluding hydrogens is 751 g/mol. The van der Waals surface area contributed by atoms with Crippen molar-refractivity contribution in [1.29, 1.82) is 5.26 Å². The summed E-state index contributed by atoms with van der Waals surface area (Å²) < 4.78 is 3.26. The first kappa shape index (κ1) is 37.6. The van der Waals surface area contributed by atoms with Gasteiger partial charge in [-0.05, 0) is 118 Å². The normalized spacial score (nSPS) is 20.3. The summed E-state index contributed by atoms with van der Waals surface area (Å²) in [6.07, 6.45) is 13.6. The number of imide groups is 1. The third-order valence-corrected chi connectivity index (χ3v) is 13.4. The van der Waals surface area contributed by atoms with Crippen molar-refractivity contribution in [3.05, 3.63) is 88.0 Å².